The van der Waals surface area contributed by atoms with Crippen molar-refractivity contribution >= 4 is 0 Å². The van der Waals surface area contributed by atoms with E-state index in [9.17, 15) is 0 Å². The van der Waals surface area contributed by atoms with Crippen molar-refractivity contribution in [3.63, 3.8) is 0 Å². The Bertz CT molecular complexity index is 357. The molecule has 0 aliphatic carbocycles. The molecule has 0 spiro atoms. The standard InChI is InChI=1S/C13H26N4/c1-6-7-9(2)8-12(15-14)13-10(3)16-17(5)11(13)4/h9,12,15H,6-8,14H2,1-5H3. The SMILES string of the molecule is CCCC(C)CC(NN)c1c(C)nn(C)c1C. The molecule has 17 heavy (non-hydrogen) atoms. The molecule has 2 atom stereocenters. The number of aromatic nitrogens is 2. The molecule has 4 heteroatoms. The lowest BCUT2D eigenvalue weighted by molar-refractivity contribution is 0.392. The van der Waals surface area contributed by atoms with Gasteiger partial charge in [0.25, 0.3) is 0 Å². The first kappa shape index (κ1) is 14.2. The molecule has 0 aliphatic rings. The van der Waals surface area contributed by atoms with Crippen LogP contribution in [0.25, 0.3) is 0 Å². The Hall–Kier alpha value is -0.870. The summed E-state index contributed by atoms with van der Waals surface area (Å²) in [6.45, 7) is 8.66. The first-order valence-corrected chi connectivity index (χ1v) is 6.47. The molecule has 0 saturated heterocycles. The predicted octanol–water partition coefficient (Wildman–Crippen LogP) is 2.37. The Balaban J connectivity index is 2.86. The Morgan fingerprint density at radius 3 is 2.47 bits per heavy atom. The van der Waals surface area contributed by atoms with Gasteiger partial charge in [-0.2, -0.15) is 5.10 Å². The lowest BCUT2D eigenvalue weighted by atomic mass is 9.92. The maximum atomic E-state index is 5.71. The monoisotopic (exact) mass is 238 g/mol. The van der Waals surface area contributed by atoms with Crippen LogP contribution in [0.4, 0.5) is 0 Å². The van der Waals surface area contributed by atoms with Gasteiger partial charge in [-0.25, -0.2) is 0 Å². The van der Waals surface area contributed by atoms with E-state index in [1.54, 1.807) is 0 Å². The predicted molar refractivity (Wildman–Crippen MR) is 71.4 cm³/mol. The molecule has 1 rings (SSSR count). The quantitative estimate of drug-likeness (QED) is 0.591. The second-order valence-electron chi connectivity index (χ2n) is 5.06. The summed E-state index contributed by atoms with van der Waals surface area (Å²) >= 11 is 0. The highest BCUT2D eigenvalue weighted by molar-refractivity contribution is 5.28. The third-order valence-electron chi connectivity index (χ3n) is 3.53. The Labute approximate surface area is 105 Å². The average molecular weight is 238 g/mol. The summed E-state index contributed by atoms with van der Waals surface area (Å²) in [5.41, 5.74) is 6.49. The average Bonchev–Trinajstić information content (AvgIpc) is 2.51. The first-order valence-electron chi connectivity index (χ1n) is 6.47. The van der Waals surface area contributed by atoms with E-state index >= 15 is 0 Å². The largest absolute Gasteiger partial charge is 0.272 e. The van der Waals surface area contributed by atoms with Crippen LogP contribution in [0.3, 0.4) is 0 Å². The molecule has 2 unspecified atom stereocenters. The van der Waals surface area contributed by atoms with Crippen LogP contribution in [0.1, 0.15) is 56.1 Å². The minimum atomic E-state index is 0.213. The minimum absolute atomic E-state index is 0.213. The van der Waals surface area contributed by atoms with E-state index in [1.165, 1.54) is 24.1 Å². The van der Waals surface area contributed by atoms with Gasteiger partial charge in [-0.3, -0.25) is 16.0 Å². The number of aryl methyl sites for hydroxylation is 2. The molecular formula is C13H26N4. The highest BCUT2D eigenvalue weighted by Crippen LogP contribution is 2.27. The zero-order chi connectivity index (χ0) is 13.0. The van der Waals surface area contributed by atoms with Crippen LogP contribution in [0.2, 0.25) is 0 Å². The van der Waals surface area contributed by atoms with E-state index in [0.717, 1.165) is 12.1 Å². The van der Waals surface area contributed by atoms with Gasteiger partial charge in [-0.15, -0.1) is 0 Å². The van der Waals surface area contributed by atoms with Crippen molar-refractivity contribution in [2.45, 2.75) is 53.0 Å². The summed E-state index contributed by atoms with van der Waals surface area (Å²) in [7, 11) is 1.98. The number of nitrogens with zero attached hydrogens (tertiary/aromatic N) is 2. The van der Waals surface area contributed by atoms with Gasteiger partial charge in [0, 0.05) is 24.3 Å². The van der Waals surface area contributed by atoms with Crippen molar-refractivity contribution in [2.24, 2.45) is 18.8 Å². The van der Waals surface area contributed by atoms with Crippen molar-refractivity contribution in [2.75, 3.05) is 0 Å². The van der Waals surface area contributed by atoms with Gasteiger partial charge in [0.05, 0.1) is 5.69 Å². The molecule has 1 aromatic heterocycles. The van der Waals surface area contributed by atoms with Crippen molar-refractivity contribution in [3.05, 3.63) is 17.0 Å². The molecule has 98 valence electrons. The van der Waals surface area contributed by atoms with Crippen LogP contribution < -0.4 is 11.3 Å². The smallest absolute Gasteiger partial charge is 0.0644 e. The molecule has 0 aliphatic heterocycles. The zero-order valence-electron chi connectivity index (χ0n) is 11.7. The number of nitrogens with two attached hydrogens (primary N) is 1. The molecule has 0 saturated carbocycles. The fraction of sp³-hybridized carbons (Fsp3) is 0.769. The van der Waals surface area contributed by atoms with E-state index < -0.39 is 0 Å². The van der Waals surface area contributed by atoms with E-state index in [1.807, 2.05) is 11.7 Å². The molecule has 0 fully saturated rings. The summed E-state index contributed by atoms with van der Waals surface area (Å²) < 4.78 is 1.93. The number of hydrazine groups is 1. The summed E-state index contributed by atoms with van der Waals surface area (Å²) in [5, 5.41) is 4.45. The highest BCUT2D eigenvalue weighted by atomic mass is 15.3. The van der Waals surface area contributed by atoms with Gasteiger partial charge in [-0.1, -0.05) is 26.7 Å². The minimum Gasteiger partial charge on any atom is -0.272 e. The van der Waals surface area contributed by atoms with Crippen molar-refractivity contribution < 1.29 is 0 Å². The lowest BCUT2D eigenvalue weighted by Gasteiger charge is -2.20. The van der Waals surface area contributed by atoms with Crippen molar-refractivity contribution in [1.82, 2.24) is 15.2 Å². The highest BCUT2D eigenvalue weighted by Gasteiger charge is 2.20. The topological polar surface area (TPSA) is 55.9 Å². The van der Waals surface area contributed by atoms with Crippen LogP contribution in [0, 0.1) is 19.8 Å². The zero-order valence-corrected chi connectivity index (χ0v) is 11.7. The second kappa shape index (κ2) is 6.17. The molecule has 1 aromatic rings. The molecule has 0 aromatic carbocycles. The fourth-order valence-corrected chi connectivity index (χ4v) is 2.58. The third kappa shape index (κ3) is 3.30. The summed E-state index contributed by atoms with van der Waals surface area (Å²) in [6.07, 6.45) is 3.54. The summed E-state index contributed by atoms with van der Waals surface area (Å²) in [5.74, 6) is 6.39. The molecule has 0 bridgehead atoms. The van der Waals surface area contributed by atoms with E-state index in [-0.39, 0.29) is 6.04 Å². The van der Waals surface area contributed by atoms with Gasteiger partial charge in [0.15, 0.2) is 0 Å². The maximum absolute atomic E-state index is 5.71. The van der Waals surface area contributed by atoms with Crippen LogP contribution in [-0.2, 0) is 7.05 Å². The van der Waals surface area contributed by atoms with Gasteiger partial charge in [0.2, 0.25) is 0 Å². The third-order valence-corrected chi connectivity index (χ3v) is 3.53. The van der Waals surface area contributed by atoms with Crippen LogP contribution in [-0.4, -0.2) is 9.78 Å². The molecule has 4 nitrogen and oxygen atoms in total. The van der Waals surface area contributed by atoms with Gasteiger partial charge >= 0.3 is 0 Å². The molecule has 1 heterocycles. The first-order chi connectivity index (χ1) is 8.01. The van der Waals surface area contributed by atoms with E-state index in [2.05, 4.69) is 38.2 Å². The summed E-state index contributed by atoms with van der Waals surface area (Å²) in [4.78, 5) is 0. The van der Waals surface area contributed by atoms with Gasteiger partial charge in [-0.05, 0) is 26.2 Å². The second-order valence-corrected chi connectivity index (χ2v) is 5.06. The van der Waals surface area contributed by atoms with Crippen molar-refractivity contribution in [3.8, 4) is 0 Å². The summed E-state index contributed by atoms with van der Waals surface area (Å²) in [6, 6.07) is 0.213. The van der Waals surface area contributed by atoms with Gasteiger partial charge < -0.3 is 0 Å². The Morgan fingerprint density at radius 1 is 1.41 bits per heavy atom. The molecular weight excluding hydrogens is 212 g/mol. The number of rotatable bonds is 6. The van der Waals surface area contributed by atoms with E-state index in [4.69, 9.17) is 5.84 Å². The Kier molecular flexibility index (Phi) is 5.15. The fourth-order valence-electron chi connectivity index (χ4n) is 2.58. The lowest BCUT2D eigenvalue weighted by Crippen LogP contribution is -2.30. The van der Waals surface area contributed by atoms with Crippen LogP contribution in [0.5, 0.6) is 0 Å². The van der Waals surface area contributed by atoms with Crippen LogP contribution in [0.15, 0.2) is 0 Å². The van der Waals surface area contributed by atoms with Crippen LogP contribution >= 0.6 is 0 Å². The number of hydrogen-bond donors (Lipinski definition) is 2. The Morgan fingerprint density at radius 2 is 2.06 bits per heavy atom. The number of hydrogen-bond acceptors (Lipinski definition) is 3. The normalized spacial score (nSPS) is 14.9. The maximum Gasteiger partial charge on any atom is 0.0644 e. The van der Waals surface area contributed by atoms with E-state index in [0.29, 0.717) is 5.92 Å². The van der Waals surface area contributed by atoms with Gasteiger partial charge in [0.1, 0.15) is 0 Å². The van der Waals surface area contributed by atoms with Crippen molar-refractivity contribution in [1.29, 1.82) is 0 Å². The number of nitrogens with one attached hydrogen (secondary N) is 1. The molecule has 0 radical (unpaired) electrons. The molecule has 0 amide bonds. The molecule has 3 N–H and O–H groups in total.